The molecule has 0 saturated heterocycles. The summed E-state index contributed by atoms with van der Waals surface area (Å²) >= 11 is 0. The number of amides is 1. The topological polar surface area (TPSA) is 72.5 Å². The number of nitrogens with one attached hydrogen (secondary N) is 1. The summed E-state index contributed by atoms with van der Waals surface area (Å²) in [5, 5.41) is 2.22. The maximum Gasteiger partial charge on any atom is 0.416 e. The Bertz CT molecular complexity index is 693. The fraction of sp³-hybridized carbons (Fsp3) is 0.533. The fourth-order valence-corrected chi connectivity index (χ4v) is 2.89. The minimum absolute atomic E-state index is 0.332. The number of alkyl carbamates (subject to hydrolysis) is 1. The number of carbonyl (C=O) groups excluding carboxylic acids is 1. The number of ether oxygens (including phenoxy) is 1. The molecule has 5 nitrogen and oxygen atoms in total. The van der Waals surface area contributed by atoms with Gasteiger partial charge in [-0.05, 0) is 32.4 Å². The van der Waals surface area contributed by atoms with Crippen molar-refractivity contribution in [2.45, 2.75) is 38.6 Å². The third-order valence-corrected chi connectivity index (χ3v) is 3.74. The molecule has 136 valence electrons. The van der Waals surface area contributed by atoms with Crippen molar-refractivity contribution in [1.29, 1.82) is 0 Å². The van der Waals surface area contributed by atoms with Crippen LogP contribution in [0.2, 0.25) is 0 Å². The van der Waals surface area contributed by atoms with Crippen LogP contribution in [0.1, 0.15) is 37.9 Å². The second kappa shape index (κ2) is 7.00. The highest BCUT2D eigenvalue weighted by Crippen LogP contribution is 2.35. The summed E-state index contributed by atoms with van der Waals surface area (Å²) in [7, 11) is -3.66. The molecule has 9 heteroatoms. The van der Waals surface area contributed by atoms with E-state index in [1.165, 1.54) is 12.1 Å². The molecule has 0 saturated carbocycles. The van der Waals surface area contributed by atoms with E-state index in [9.17, 15) is 26.4 Å². The molecule has 1 amide bonds. The Balaban J connectivity index is 3.24. The molecule has 24 heavy (non-hydrogen) atoms. The minimum atomic E-state index is -4.68. The second-order valence-corrected chi connectivity index (χ2v) is 8.56. The zero-order valence-corrected chi connectivity index (χ0v) is 14.6. The van der Waals surface area contributed by atoms with Gasteiger partial charge in [0.25, 0.3) is 0 Å². The van der Waals surface area contributed by atoms with E-state index in [1.54, 1.807) is 20.8 Å². The lowest BCUT2D eigenvalue weighted by atomic mass is 10.0. The van der Waals surface area contributed by atoms with E-state index in [4.69, 9.17) is 4.74 Å². The van der Waals surface area contributed by atoms with E-state index in [0.29, 0.717) is 0 Å². The van der Waals surface area contributed by atoms with Crippen LogP contribution in [0.25, 0.3) is 0 Å². The molecule has 0 aliphatic rings. The van der Waals surface area contributed by atoms with Crippen molar-refractivity contribution >= 4 is 15.9 Å². The van der Waals surface area contributed by atoms with Gasteiger partial charge >= 0.3 is 12.3 Å². The van der Waals surface area contributed by atoms with Crippen molar-refractivity contribution in [1.82, 2.24) is 5.32 Å². The summed E-state index contributed by atoms with van der Waals surface area (Å²) in [6.45, 7) is 4.76. The number of rotatable bonds is 4. The number of carbonyl (C=O) groups is 1. The zero-order valence-electron chi connectivity index (χ0n) is 13.8. The summed E-state index contributed by atoms with van der Waals surface area (Å²) in [6.07, 6.45) is -4.79. The molecule has 0 fully saturated rings. The average molecular weight is 367 g/mol. The number of halogens is 3. The first kappa shape index (κ1) is 20.3. The minimum Gasteiger partial charge on any atom is -0.444 e. The van der Waals surface area contributed by atoms with Gasteiger partial charge in [0, 0.05) is 6.26 Å². The SMILES string of the molecule is CC(C)(C)OC(=O)NC(CS(C)(=O)=O)c1ccccc1C(F)(F)F. The highest BCUT2D eigenvalue weighted by molar-refractivity contribution is 7.90. The van der Waals surface area contributed by atoms with E-state index in [1.807, 2.05) is 0 Å². The first-order chi connectivity index (χ1) is 10.7. The van der Waals surface area contributed by atoms with Crippen LogP contribution in [-0.2, 0) is 20.8 Å². The smallest absolute Gasteiger partial charge is 0.416 e. The molecule has 0 radical (unpaired) electrons. The second-order valence-electron chi connectivity index (χ2n) is 6.38. The summed E-state index contributed by atoms with van der Waals surface area (Å²) in [4.78, 5) is 11.9. The summed E-state index contributed by atoms with van der Waals surface area (Å²) in [5.41, 5.74) is -2.21. The Morgan fingerprint density at radius 3 is 2.21 bits per heavy atom. The van der Waals surface area contributed by atoms with Crippen LogP contribution in [0.15, 0.2) is 24.3 Å². The molecule has 1 unspecified atom stereocenters. The van der Waals surface area contributed by atoms with Crippen molar-refractivity contribution in [2.24, 2.45) is 0 Å². The van der Waals surface area contributed by atoms with E-state index in [0.717, 1.165) is 18.4 Å². The van der Waals surface area contributed by atoms with Crippen molar-refractivity contribution < 1.29 is 31.1 Å². The molecule has 0 aliphatic carbocycles. The summed E-state index contributed by atoms with van der Waals surface area (Å²) < 4.78 is 67.6. The number of alkyl halides is 3. The largest absolute Gasteiger partial charge is 0.444 e. The van der Waals surface area contributed by atoms with Gasteiger partial charge in [-0.3, -0.25) is 0 Å². The Morgan fingerprint density at radius 1 is 1.21 bits per heavy atom. The van der Waals surface area contributed by atoms with Gasteiger partial charge in [0.2, 0.25) is 0 Å². The molecular formula is C15H20F3NO4S. The van der Waals surface area contributed by atoms with Gasteiger partial charge in [-0.1, -0.05) is 18.2 Å². The highest BCUT2D eigenvalue weighted by atomic mass is 32.2. The van der Waals surface area contributed by atoms with E-state index in [-0.39, 0.29) is 5.56 Å². The first-order valence-corrected chi connectivity index (χ1v) is 9.08. The van der Waals surface area contributed by atoms with Crippen molar-refractivity contribution in [3.63, 3.8) is 0 Å². The van der Waals surface area contributed by atoms with Crippen LogP contribution in [0.4, 0.5) is 18.0 Å². The van der Waals surface area contributed by atoms with Gasteiger partial charge < -0.3 is 10.1 Å². The van der Waals surface area contributed by atoms with Crippen molar-refractivity contribution in [3.05, 3.63) is 35.4 Å². The quantitative estimate of drug-likeness (QED) is 0.886. The number of sulfone groups is 1. The Kier molecular flexibility index (Phi) is 5.91. The zero-order chi connectivity index (χ0) is 18.8. The van der Waals surface area contributed by atoms with Crippen LogP contribution in [0, 0.1) is 0 Å². The molecule has 1 N–H and O–H groups in total. The summed E-state index contributed by atoms with van der Waals surface area (Å²) in [5.74, 6) is -0.681. The number of hydrogen-bond acceptors (Lipinski definition) is 4. The maximum atomic E-state index is 13.2. The first-order valence-electron chi connectivity index (χ1n) is 7.02. The van der Waals surface area contributed by atoms with Crippen LogP contribution in [0.5, 0.6) is 0 Å². The summed E-state index contributed by atoms with van der Waals surface area (Å²) in [6, 6.07) is 3.12. The van der Waals surface area contributed by atoms with Gasteiger partial charge in [-0.15, -0.1) is 0 Å². The molecule has 0 bridgehead atoms. The van der Waals surface area contributed by atoms with Gasteiger partial charge in [0.15, 0.2) is 0 Å². The Hall–Kier alpha value is -1.77. The van der Waals surface area contributed by atoms with Gasteiger partial charge in [0.05, 0.1) is 17.4 Å². The molecule has 0 spiro atoms. The van der Waals surface area contributed by atoms with Crippen LogP contribution < -0.4 is 5.32 Å². The number of hydrogen-bond donors (Lipinski definition) is 1. The van der Waals surface area contributed by atoms with Crippen LogP contribution in [0.3, 0.4) is 0 Å². The molecule has 1 aromatic carbocycles. The predicted molar refractivity (Wildman–Crippen MR) is 83.3 cm³/mol. The van der Waals surface area contributed by atoms with Crippen LogP contribution in [-0.4, -0.2) is 32.1 Å². The third kappa shape index (κ3) is 6.77. The standard InChI is InChI=1S/C15H20F3NO4S/c1-14(2,3)23-13(20)19-12(9-24(4,21)22)10-7-5-6-8-11(10)15(16,17)18/h5-8,12H,9H2,1-4H3,(H,19,20). The van der Waals surface area contributed by atoms with Gasteiger partial charge in [0.1, 0.15) is 15.4 Å². The monoisotopic (exact) mass is 367 g/mol. The van der Waals surface area contributed by atoms with E-state index >= 15 is 0 Å². The lowest BCUT2D eigenvalue weighted by Gasteiger charge is -2.25. The molecule has 0 heterocycles. The Morgan fingerprint density at radius 2 is 1.75 bits per heavy atom. The lowest BCUT2D eigenvalue weighted by Crippen LogP contribution is -2.38. The number of benzene rings is 1. The van der Waals surface area contributed by atoms with E-state index in [2.05, 4.69) is 5.32 Å². The maximum absolute atomic E-state index is 13.2. The Labute approximate surface area is 139 Å². The molecule has 0 aromatic heterocycles. The molecule has 1 atom stereocenters. The average Bonchev–Trinajstić information content (AvgIpc) is 2.33. The normalized spacial score (nSPS) is 14.1. The molecule has 1 rings (SSSR count). The fourth-order valence-electron chi connectivity index (χ4n) is 2.02. The third-order valence-electron chi connectivity index (χ3n) is 2.80. The van der Waals surface area contributed by atoms with E-state index < -0.39 is 45.1 Å². The van der Waals surface area contributed by atoms with Crippen molar-refractivity contribution in [3.8, 4) is 0 Å². The molecule has 0 aliphatic heterocycles. The molecular weight excluding hydrogens is 347 g/mol. The van der Waals surface area contributed by atoms with Gasteiger partial charge in [-0.25, -0.2) is 13.2 Å². The predicted octanol–water partition coefficient (Wildman–Crippen LogP) is 3.32. The van der Waals surface area contributed by atoms with Crippen molar-refractivity contribution in [2.75, 3.05) is 12.0 Å². The lowest BCUT2D eigenvalue weighted by molar-refractivity contribution is -0.138. The van der Waals surface area contributed by atoms with Gasteiger partial charge in [-0.2, -0.15) is 13.2 Å². The van der Waals surface area contributed by atoms with Crippen LogP contribution >= 0.6 is 0 Å². The highest BCUT2D eigenvalue weighted by Gasteiger charge is 2.36. The molecule has 1 aromatic rings.